The summed E-state index contributed by atoms with van der Waals surface area (Å²) in [4.78, 5) is 2.39. The molecule has 18 heavy (non-hydrogen) atoms. The van der Waals surface area contributed by atoms with Crippen molar-refractivity contribution in [2.75, 3.05) is 20.1 Å². The summed E-state index contributed by atoms with van der Waals surface area (Å²) < 4.78 is 1.14. The average molecular weight is 313 g/mol. The molecule has 0 radical (unpaired) electrons. The Hall–Kier alpha value is -0.380. The van der Waals surface area contributed by atoms with Gasteiger partial charge in [-0.25, -0.2) is 0 Å². The minimum Gasteiger partial charge on any atom is -0.315 e. The average Bonchev–Trinajstić information content (AvgIpc) is 2.37. The Bertz CT molecular complexity index is 324. The van der Waals surface area contributed by atoms with E-state index >= 15 is 0 Å². The van der Waals surface area contributed by atoms with E-state index in [4.69, 9.17) is 0 Å². The molecule has 0 aliphatic heterocycles. The standard InChI is InChI=1S/C15H25BrN2/c1-4-5-10-17-11-13(2)18(3)12-14-6-8-15(16)9-7-14/h6-9,13,17H,4-5,10-12H2,1-3H3. The van der Waals surface area contributed by atoms with Crippen LogP contribution in [0.25, 0.3) is 0 Å². The highest BCUT2D eigenvalue weighted by molar-refractivity contribution is 9.10. The minimum absolute atomic E-state index is 0.561. The van der Waals surface area contributed by atoms with Crippen molar-refractivity contribution in [2.24, 2.45) is 0 Å². The number of unbranched alkanes of at least 4 members (excludes halogenated alkanes) is 1. The van der Waals surface area contributed by atoms with Gasteiger partial charge < -0.3 is 5.32 Å². The van der Waals surface area contributed by atoms with Crippen LogP contribution in [0.15, 0.2) is 28.7 Å². The maximum Gasteiger partial charge on any atom is 0.0234 e. The molecule has 2 nitrogen and oxygen atoms in total. The molecule has 0 spiro atoms. The van der Waals surface area contributed by atoms with Crippen LogP contribution in [0.2, 0.25) is 0 Å². The summed E-state index contributed by atoms with van der Waals surface area (Å²) in [5, 5.41) is 3.51. The highest BCUT2D eigenvalue weighted by Crippen LogP contribution is 2.12. The summed E-state index contributed by atoms with van der Waals surface area (Å²) in [6.07, 6.45) is 2.53. The van der Waals surface area contributed by atoms with E-state index < -0.39 is 0 Å². The van der Waals surface area contributed by atoms with Crippen molar-refractivity contribution in [1.82, 2.24) is 10.2 Å². The second-order valence-corrected chi connectivity index (χ2v) is 5.86. The largest absolute Gasteiger partial charge is 0.315 e. The van der Waals surface area contributed by atoms with Crippen LogP contribution in [-0.2, 0) is 6.54 Å². The van der Waals surface area contributed by atoms with Gasteiger partial charge in [0.15, 0.2) is 0 Å². The van der Waals surface area contributed by atoms with Crippen LogP contribution < -0.4 is 5.32 Å². The number of hydrogen-bond acceptors (Lipinski definition) is 2. The van der Waals surface area contributed by atoms with Crippen molar-refractivity contribution < 1.29 is 0 Å². The van der Waals surface area contributed by atoms with E-state index in [2.05, 4.69) is 71.3 Å². The van der Waals surface area contributed by atoms with Crippen molar-refractivity contribution in [2.45, 2.75) is 39.3 Å². The van der Waals surface area contributed by atoms with Crippen LogP contribution in [0.1, 0.15) is 32.3 Å². The molecule has 0 saturated heterocycles. The highest BCUT2D eigenvalue weighted by Gasteiger charge is 2.08. The van der Waals surface area contributed by atoms with Crippen LogP contribution in [0.5, 0.6) is 0 Å². The SMILES string of the molecule is CCCCNCC(C)N(C)Cc1ccc(Br)cc1. The first-order valence-electron chi connectivity index (χ1n) is 6.79. The van der Waals surface area contributed by atoms with Gasteiger partial charge in [0.25, 0.3) is 0 Å². The van der Waals surface area contributed by atoms with Crippen molar-refractivity contribution in [3.63, 3.8) is 0 Å². The zero-order valence-corrected chi connectivity index (χ0v) is 13.3. The van der Waals surface area contributed by atoms with Crippen LogP contribution in [0, 0.1) is 0 Å². The van der Waals surface area contributed by atoms with E-state index in [1.54, 1.807) is 0 Å². The molecule has 1 atom stereocenters. The molecule has 1 aromatic rings. The molecule has 0 bridgehead atoms. The molecule has 0 aromatic heterocycles. The van der Waals surface area contributed by atoms with Gasteiger partial charge in [0.2, 0.25) is 0 Å². The summed E-state index contributed by atoms with van der Waals surface area (Å²) in [5.41, 5.74) is 1.36. The lowest BCUT2D eigenvalue weighted by molar-refractivity contribution is 0.243. The lowest BCUT2D eigenvalue weighted by Crippen LogP contribution is -2.37. The van der Waals surface area contributed by atoms with Crippen molar-refractivity contribution in [3.8, 4) is 0 Å². The van der Waals surface area contributed by atoms with Crippen LogP contribution in [0.3, 0.4) is 0 Å². The van der Waals surface area contributed by atoms with Gasteiger partial charge in [0.05, 0.1) is 0 Å². The molecule has 0 fully saturated rings. The van der Waals surface area contributed by atoms with Crippen molar-refractivity contribution >= 4 is 15.9 Å². The van der Waals surface area contributed by atoms with Crippen LogP contribution in [-0.4, -0.2) is 31.1 Å². The zero-order chi connectivity index (χ0) is 13.4. The van der Waals surface area contributed by atoms with Crippen molar-refractivity contribution in [3.05, 3.63) is 34.3 Å². The van der Waals surface area contributed by atoms with E-state index in [9.17, 15) is 0 Å². The summed E-state index contributed by atoms with van der Waals surface area (Å²) in [6.45, 7) is 7.70. The molecular formula is C15H25BrN2. The van der Waals surface area contributed by atoms with Gasteiger partial charge in [-0.2, -0.15) is 0 Å². The molecule has 1 rings (SSSR count). The highest BCUT2D eigenvalue weighted by atomic mass is 79.9. The van der Waals surface area contributed by atoms with Gasteiger partial charge in [-0.15, -0.1) is 0 Å². The number of rotatable bonds is 8. The van der Waals surface area contributed by atoms with E-state index in [1.165, 1.54) is 18.4 Å². The molecule has 102 valence electrons. The zero-order valence-electron chi connectivity index (χ0n) is 11.7. The van der Waals surface area contributed by atoms with Gasteiger partial charge in [-0.05, 0) is 44.6 Å². The molecule has 1 aromatic carbocycles. The number of likely N-dealkylation sites (N-methyl/N-ethyl adjacent to an activating group) is 1. The van der Waals surface area contributed by atoms with E-state index in [0.29, 0.717) is 6.04 Å². The third kappa shape index (κ3) is 5.98. The summed E-state index contributed by atoms with van der Waals surface area (Å²) in [7, 11) is 2.19. The molecule has 1 unspecified atom stereocenters. The number of nitrogens with zero attached hydrogens (tertiary/aromatic N) is 1. The van der Waals surface area contributed by atoms with Gasteiger partial charge in [-0.3, -0.25) is 4.90 Å². The lowest BCUT2D eigenvalue weighted by Gasteiger charge is -2.25. The van der Waals surface area contributed by atoms with Crippen molar-refractivity contribution in [1.29, 1.82) is 0 Å². The number of halogens is 1. The second-order valence-electron chi connectivity index (χ2n) is 4.95. The maximum atomic E-state index is 3.51. The topological polar surface area (TPSA) is 15.3 Å². The van der Waals surface area contributed by atoms with Gasteiger partial charge in [-0.1, -0.05) is 41.4 Å². The first kappa shape index (κ1) is 15.7. The van der Waals surface area contributed by atoms with E-state index in [1.807, 2.05) is 0 Å². The Labute approximate surface area is 120 Å². The monoisotopic (exact) mass is 312 g/mol. The number of nitrogens with one attached hydrogen (secondary N) is 1. The summed E-state index contributed by atoms with van der Waals surface area (Å²) >= 11 is 3.47. The second kappa shape index (κ2) is 8.68. The summed E-state index contributed by atoms with van der Waals surface area (Å²) in [5.74, 6) is 0. The lowest BCUT2D eigenvalue weighted by atomic mass is 10.2. The smallest absolute Gasteiger partial charge is 0.0234 e. The molecule has 0 saturated carbocycles. The first-order chi connectivity index (χ1) is 8.63. The Morgan fingerprint density at radius 3 is 2.56 bits per heavy atom. The predicted octanol–water partition coefficient (Wildman–Crippen LogP) is 3.66. The fourth-order valence-electron chi connectivity index (χ4n) is 1.80. The first-order valence-corrected chi connectivity index (χ1v) is 7.58. The molecule has 1 N–H and O–H groups in total. The Balaban J connectivity index is 2.30. The third-order valence-electron chi connectivity index (χ3n) is 3.24. The van der Waals surface area contributed by atoms with Gasteiger partial charge >= 0.3 is 0 Å². The Morgan fingerprint density at radius 2 is 1.94 bits per heavy atom. The molecule has 0 heterocycles. The normalized spacial score (nSPS) is 12.9. The molecule has 0 aliphatic carbocycles. The number of hydrogen-bond donors (Lipinski definition) is 1. The van der Waals surface area contributed by atoms with Crippen LogP contribution >= 0.6 is 15.9 Å². The Morgan fingerprint density at radius 1 is 1.28 bits per heavy atom. The van der Waals surface area contributed by atoms with E-state index in [0.717, 1.165) is 24.1 Å². The number of benzene rings is 1. The molecule has 0 aliphatic rings. The van der Waals surface area contributed by atoms with E-state index in [-0.39, 0.29) is 0 Å². The summed E-state index contributed by atoms with van der Waals surface area (Å²) in [6, 6.07) is 9.13. The van der Waals surface area contributed by atoms with Crippen LogP contribution in [0.4, 0.5) is 0 Å². The fourth-order valence-corrected chi connectivity index (χ4v) is 2.07. The van der Waals surface area contributed by atoms with Gasteiger partial charge in [0, 0.05) is 23.6 Å². The quantitative estimate of drug-likeness (QED) is 0.737. The van der Waals surface area contributed by atoms with Gasteiger partial charge in [0.1, 0.15) is 0 Å². The maximum absolute atomic E-state index is 3.51. The molecular weight excluding hydrogens is 288 g/mol. The third-order valence-corrected chi connectivity index (χ3v) is 3.77. The Kier molecular flexibility index (Phi) is 7.56. The minimum atomic E-state index is 0.561. The predicted molar refractivity (Wildman–Crippen MR) is 82.8 cm³/mol. The molecule has 0 amide bonds. The molecule has 3 heteroatoms. The fraction of sp³-hybridized carbons (Fsp3) is 0.600.